The Morgan fingerprint density at radius 3 is 2.55 bits per heavy atom. The summed E-state index contributed by atoms with van der Waals surface area (Å²) < 4.78 is 3.37. The van der Waals surface area contributed by atoms with Gasteiger partial charge in [0.2, 0.25) is 5.95 Å². The van der Waals surface area contributed by atoms with Gasteiger partial charge in [0.25, 0.3) is 5.56 Å². The number of fused-ring (bicyclic) bond motifs is 1. The van der Waals surface area contributed by atoms with Crippen LogP contribution in [0.5, 0.6) is 0 Å². The fourth-order valence-corrected chi connectivity index (χ4v) is 4.65. The standard InChI is InChI=1S/C24H25ClN6O2/c25-19-11-5-4-9-17(19)14-30-20-21(27-23(30)29-12-6-10-18(26)15-29)31(24(33)28-22(20)32)13-16-7-2-1-3-8-16/h1-5,7-9,11,18H,6,10,12-15,26H2,(H,28,32,33). The molecule has 4 aromatic rings. The van der Waals surface area contributed by atoms with Gasteiger partial charge in [-0.2, -0.15) is 4.98 Å². The Labute approximate surface area is 195 Å². The molecule has 0 radical (unpaired) electrons. The Bertz CT molecular complexity index is 1410. The zero-order chi connectivity index (χ0) is 22.9. The quantitative estimate of drug-likeness (QED) is 0.472. The summed E-state index contributed by atoms with van der Waals surface area (Å²) in [6.45, 7) is 2.06. The molecule has 1 aliphatic rings. The molecule has 3 N–H and O–H groups in total. The SMILES string of the molecule is NC1CCCN(c2nc3c(c(=O)[nH]c(=O)n3Cc3ccccc3)n2Cc2ccccc2Cl)C1. The van der Waals surface area contributed by atoms with E-state index in [1.807, 2.05) is 59.2 Å². The van der Waals surface area contributed by atoms with E-state index in [4.69, 9.17) is 22.3 Å². The second kappa shape index (κ2) is 8.88. The van der Waals surface area contributed by atoms with E-state index in [2.05, 4.69) is 9.88 Å². The van der Waals surface area contributed by atoms with E-state index in [1.54, 1.807) is 0 Å². The fourth-order valence-electron chi connectivity index (χ4n) is 4.45. The largest absolute Gasteiger partial charge is 0.341 e. The van der Waals surface area contributed by atoms with Crippen LogP contribution in [0.4, 0.5) is 5.95 Å². The minimum atomic E-state index is -0.486. The number of nitrogens with two attached hydrogens (primary N) is 1. The zero-order valence-electron chi connectivity index (χ0n) is 18.1. The van der Waals surface area contributed by atoms with Crippen LogP contribution >= 0.6 is 11.6 Å². The van der Waals surface area contributed by atoms with Crippen molar-refractivity contribution in [1.82, 2.24) is 19.1 Å². The predicted molar refractivity (Wildman–Crippen MR) is 130 cm³/mol. The number of H-pyrrole nitrogens is 1. The number of aromatic nitrogens is 4. The highest BCUT2D eigenvalue weighted by Crippen LogP contribution is 2.26. The molecule has 0 bridgehead atoms. The molecule has 0 aliphatic carbocycles. The van der Waals surface area contributed by atoms with Gasteiger partial charge >= 0.3 is 5.69 Å². The number of imidazole rings is 1. The van der Waals surface area contributed by atoms with Gasteiger partial charge in [0.15, 0.2) is 11.2 Å². The van der Waals surface area contributed by atoms with Crippen LogP contribution in [0.25, 0.3) is 11.2 Å². The van der Waals surface area contributed by atoms with Crippen LogP contribution in [0.1, 0.15) is 24.0 Å². The maximum Gasteiger partial charge on any atom is 0.330 e. The predicted octanol–water partition coefficient (Wildman–Crippen LogP) is 2.56. The van der Waals surface area contributed by atoms with Crippen LogP contribution in [0.15, 0.2) is 64.2 Å². The summed E-state index contributed by atoms with van der Waals surface area (Å²) in [5, 5.41) is 0.606. The molecule has 0 saturated carbocycles. The lowest BCUT2D eigenvalue weighted by Gasteiger charge is -2.31. The van der Waals surface area contributed by atoms with Gasteiger partial charge in [-0.3, -0.25) is 18.9 Å². The van der Waals surface area contributed by atoms with E-state index in [9.17, 15) is 9.59 Å². The van der Waals surface area contributed by atoms with E-state index >= 15 is 0 Å². The molecule has 1 atom stereocenters. The average molecular weight is 465 g/mol. The highest BCUT2D eigenvalue weighted by Gasteiger charge is 2.26. The maximum absolute atomic E-state index is 13.1. The maximum atomic E-state index is 13.1. The fraction of sp³-hybridized carbons (Fsp3) is 0.292. The lowest BCUT2D eigenvalue weighted by atomic mass is 10.1. The molecule has 8 nitrogen and oxygen atoms in total. The van der Waals surface area contributed by atoms with Crippen molar-refractivity contribution < 1.29 is 0 Å². The number of hydrogen-bond acceptors (Lipinski definition) is 5. The van der Waals surface area contributed by atoms with Crippen LogP contribution in [-0.4, -0.2) is 38.2 Å². The van der Waals surface area contributed by atoms with Gasteiger partial charge in [-0.25, -0.2) is 4.79 Å². The number of piperidine rings is 1. The Morgan fingerprint density at radius 2 is 1.79 bits per heavy atom. The molecule has 1 unspecified atom stereocenters. The van der Waals surface area contributed by atoms with Crippen LogP contribution < -0.4 is 21.9 Å². The first-order chi connectivity index (χ1) is 16.0. The van der Waals surface area contributed by atoms with Crippen molar-refractivity contribution in [3.8, 4) is 0 Å². The van der Waals surface area contributed by atoms with Crippen molar-refractivity contribution in [3.05, 3.63) is 91.6 Å². The number of rotatable bonds is 5. The van der Waals surface area contributed by atoms with Gasteiger partial charge in [0.1, 0.15) is 0 Å². The van der Waals surface area contributed by atoms with E-state index in [0.717, 1.165) is 30.5 Å². The van der Waals surface area contributed by atoms with Gasteiger partial charge in [0.05, 0.1) is 13.1 Å². The molecule has 0 amide bonds. The third-order valence-corrected chi connectivity index (χ3v) is 6.44. The summed E-state index contributed by atoms with van der Waals surface area (Å²) in [6.07, 6.45) is 1.88. The highest BCUT2D eigenvalue weighted by atomic mass is 35.5. The second-order valence-corrected chi connectivity index (χ2v) is 8.85. The first-order valence-electron chi connectivity index (χ1n) is 11.0. The molecule has 33 heavy (non-hydrogen) atoms. The summed E-state index contributed by atoms with van der Waals surface area (Å²) in [7, 11) is 0. The summed E-state index contributed by atoms with van der Waals surface area (Å²) >= 11 is 6.45. The molecule has 170 valence electrons. The van der Waals surface area contributed by atoms with Crippen molar-refractivity contribution >= 4 is 28.7 Å². The highest BCUT2D eigenvalue weighted by molar-refractivity contribution is 6.31. The van der Waals surface area contributed by atoms with Crippen molar-refractivity contribution in [3.63, 3.8) is 0 Å². The third kappa shape index (κ3) is 4.19. The van der Waals surface area contributed by atoms with Crippen molar-refractivity contribution in [1.29, 1.82) is 0 Å². The van der Waals surface area contributed by atoms with E-state index in [1.165, 1.54) is 4.57 Å². The molecular weight excluding hydrogens is 440 g/mol. The number of aromatic amines is 1. The van der Waals surface area contributed by atoms with E-state index < -0.39 is 11.2 Å². The number of hydrogen-bond donors (Lipinski definition) is 2. The van der Waals surface area contributed by atoms with E-state index in [-0.39, 0.29) is 6.04 Å². The minimum Gasteiger partial charge on any atom is -0.341 e. The van der Waals surface area contributed by atoms with Crippen LogP contribution in [0, 0.1) is 0 Å². The number of nitrogens with one attached hydrogen (secondary N) is 1. The van der Waals surface area contributed by atoms with Crippen molar-refractivity contribution in [2.45, 2.75) is 32.0 Å². The van der Waals surface area contributed by atoms with Crippen LogP contribution in [-0.2, 0) is 13.1 Å². The molecule has 2 aromatic heterocycles. The lowest BCUT2D eigenvalue weighted by Crippen LogP contribution is -2.44. The molecule has 0 spiro atoms. The Balaban J connectivity index is 1.72. The average Bonchev–Trinajstić information content (AvgIpc) is 3.18. The molecule has 1 aliphatic heterocycles. The van der Waals surface area contributed by atoms with Crippen LogP contribution in [0.2, 0.25) is 5.02 Å². The summed E-state index contributed by atoms with van der Waals surface area (Å²) in [5.41, 5.74) is 7.80. The van der Waals surface area contributed by atoms with Crippen LogP contribution in [0.3, 0.4) is 0 Å². The van der Waals surface area contributed by atoms with Crippen molar-refractivity contribution in [2.75, 3.05) is 18.0 Å². The lowest BCUT2D eigenvalue weighted by molar-refractivity contribution is 0.495. The zero-order valence-corrected chi connectivity index (χ0v) is 18.8. The first-order valence-corrected chi connectivity index (χ1v) is 11.4. The normalized spacial score (nSPS) is 16.4. The molecular formula is C24H25ClN6O2. The molecule has 9 heteroatoms. The minimum absolute atomic E-state index is 0.0251. The summed E-state index contributed by atoms with van der Waals surface area (Å²) in [5.74, 6) is 0.623. The Morgan fingerprint density at radius 1 is 1.03 bits per heavy atom. The third-order valence-electron chi connectivity index (χ3n) is 6.08. The summed E-state index contributed by atoms with van der Waals surface area (Å²) in [4.78, 5) is 35.3. The van der Waals surface area contributed by atoms with Gasteiger partial charge in [0, 0.05) is 24.2 Å². The molecule has 2 aromatic carbocycles. The first kappa shape index (κ1) is 21.5. The van der Waals surface area contributed by atoms with Gasteiger partial charge in [-0.05, 0) is 30.0 Å². The molecule has 1 saturated heterocycles. The number of anilines is 1. The smallest absolute Gasteiger partial charge is 0.330 e. The topological polar surface area (TPSA) is 102 Å². The Hall–Kier alpha value is -3.36. The van der Waals surface area contributed by atoms with Crippen molar-refractivity contribution in [2.24, 2.45) is 5.73 Å². The Kier molecular flexibility index (Phi) is 5.78. The van der Waals surface area contributed by atoms with E-state index in [0.29, 0.717) is 41.8 Å². The second-order valence-electron chi connectivity index (χ2n) is 8.44. The van der Waals surface area contributed by atoms with Gasteiger partial charge < -0.3 is 10.6 Å². The number of halogens is 1. The number of benzene rings is 2. The van der Waals surface area contributed by atoms with Gasteiger partial charge in [-0.15, -0.1) is 0 Å². The van der Waals surface area contributed by atoms with Gasteiger partial charge in [-0.1, -0.05) is 60.1 Å². The summed E-state index contributed by atoms with van der Waals surface area (Å²) in [6, 6.07) is 17.2. The number of nitrogens with zero attached hydrogens (tertiary/aromatic N) is 4. The molecule has 3 heterocycles. The monoisotopic (exact) mass is 464 g/mol. The molecule has 5 rings (SSSR count). The molecule has 1 fully saturated rings.